The average molecular weight is 390 g/mol. The predicted molar refractivity (Wildman–Crippen MR) is 113 cm³/mol. The van der Waals surface area contributed by atoms with Gasteiger partial charge in [0.1, 0.15) is 11.3 Å². The standard InChI is InChI=1S/C23H22N2O4/c1-2-16-7-3-4-9-20(16)24-14-15-6-5-8-17(12-15)22(27)25-18-10-11-21(26)19(13-18)23(28)29/h3-13,24,26H,2,14H2,1H3,(H,25,27)(H,28,29). The van der Waals surface area contributed by atoms with E-state index in [1.165, 1.54) is 23.8 Å². The Morgan fingerprint density at radius 1 is 0.966 bits per heavy atom. The molecule has 0 aromatic heterocycles. The Balaban J connectivity index is 1.71. The molecule has 3 rings (SSSR count). The van der Waals surface area contributed by atoms with E-state index in [9.17, 15) is 14.7 Å². The minimum atomic E-state index is -1.26. The summed E-state index contributed by atoms with van der Waals surface area (Å²) in [5, 5.41) is 24.7. The van der Waals surface area contributed by atoms with E-state index >= 15 is 0 Å². The highest BCUT2D eigenvalue weighted by atomic mass is 16.4. The molecule has 6 nitrogen and oxygen atoms in total. The van der Waals surface area contributed by atoms with E-state index in [1.54, 1.807) is 18.2 Å². The fraction of sp³-hybridized carbons (Fsp3) is 0.130. The van der Waals surface area contributed by atoms with Gasteiger partial charge in [0.05, 0.1) is 0 Å². The zero-order chi connectivity index (χ0) is 20.8. The van der Waals surface area contributed by atoms with Gasteiger partial charge in [-0.05, 0) is 53.9 Å². The number of aromatic hydroxyl groups is 1. The van der Waals surface area contributed by atoms with Gasteiger partial charge in [0.25, 0.3) is 5.91 Å². The Bertz CT molecular complexity index is 1050. The molecule has 0 saturated heterocycles. The third kappa shape index (κ3) is 4.93. The summed E-state index contributed by atoms with van der Waals surface area (Å²) in [5.74, 6) is -1.97. The van der Waals surface area contributed by atoms with E-state index in [4.69, 9.17) is 5.11 Å². The lowest BCUT2D eigenvalue weighted by Crippen LogP contribution is -2.13. The van der Waals surface area contributed by atoms with Gasteiger partial charge in [0, 0.05) is 23.5 Å². The topological polar surface area (TPSA) is 98.7 Å². The second-order valence-electron chi connectivity index (χ2n) is 6.56. The Labute approximate surface area is 168 Å². The minimum Gasteiger partial charge on any atom is -0.507 e. The van der Waals surface area contributed by atoms with Gasteiger partial charge in [-0.3, -0.25) is 4.79 Å². The zero-order valence-corrected chi connectivity index (χ0v) is 16.0. The van der Waals surface area contributed by atoms with Crippen LogP contribution in [-0.4, -0.2) is 22.1 Å². The Morgan fingerprint density at radius 2 is 1.76 bits per heavy atom. The molecule has 29 heavy (non-hydrogen) atoms. The van der Waals surface area contributed by atoms with Gasteiger partial charge in [-0.2, -0.15) is 0 Å². The number of carboxylic acid groups (broad SMARTS) is 1. The lowest BCUT2D eigenvalue weighted by molar-refractivity contribution is 0.0693. The van der Waals surface area contributed by atoms with Crippen molar-refractivity contribution in [1.29, 1.82) is 0 Å². The third-order valence-corrected chi connectivity index (χ3v) is 4.56. The van der Waals surface area contributed by atoms with E-state index in [0.29, 0.717) is 17.8 Å². The molecule has 4 N–H and O–H groups in total. The lowest BCUT2D eigenvalue weighted by atomic mass is 10.1. The molecule has 1 amide bonds. The van der Waals surface area contributed by atoms with Crippen LogP contribution in [0.25, 0.3) is 0 Å². The highest BCUT2D eigenvalue weighted by Crippen LogP contribution is 2.22. The van der Waals surface area contributed by atoms with Gasteiger partial charge in [0.15, 0.2) is 0 Å². The van der Waals surface area contributed by atoms with Crippen LogP contribution in [0.3, 0.4) is 0 Å². The summed E-state index contributed by atoms with van der Waals surface area (Å²) in [6.07, 6.45) is 0.927. The largest absolute Gasteiger partial charge is 0.507 e. The Kier molecular flexibility index (Phi) is 6.14. The van der Waals surface area contributed by atoms with Crippen molar-refractivity contribution in [2.45, 2.75) is 19.9 Å². The summed E-state index contributed by atoms with van der Waals surface area (Å²) in [7, 11) is 0. The second kappa shape index (κ2) is 8.93. The number of aryl methyl sites for hydroxylation is 1. The van der Waals surface area contributed by atoms with Crippen LogP contribution in [0.4, 0.5) is 11.4 Å². The number of carboxylic acids is 1. The van der Waals surface area contributed by atoms with E-state index in [2.05, 4.69) is 23.6 Å². The zero-order valence-electron chi connectivity index (χ0n) is 16.0. The van der Waals surface area contributed by atoms with E-state index in [-0.39, 0.29) is 17.2 Å². The third-order valence-electron chi connectivity index (χ3n) is 4.56. The van der Waals surface area contributed by atoms with Crippen LogP contribution in [0.15, 0.2) is 66.7 Å². The molecular weight excluding hydrogens is 368 g/mol. The van der Waals surface area contributed by atoms with Crippen molar-refractivity contribution >= 4 is 23.3 Å². The van der Waals surface area contributed by atoms with Crippen molar-refractivity contribution in [3.8, 4) is 5.75 Å². The summed E-state index contributed by atoms with van der Waals surface area (Å²) < 4.78 is 0. The summed E-state index contributed by atoms with van der Waals surface area (Å²) in [5.41, 5.74) is 3.72. The van der Waals surface area contributed by atoms with Crippen molar-refractivity contribution in [2.75, 3.05) is 10.6 Å². The van der Waals surface area contributed by atoms with Gasteiger partial charge < -0.3 is 20.8 Å². The number of amides is 1. The maximum atomic E-state index is 12.6. The molecule has 0 aliphatic carbocycles. The van der Waals surface area contributed by atoms with Gasteiger partial charge in [-0.25, -0.2) is 4.79 Å². The van der Waals surface area contributed by atoms with E-state index < -0.39 is 5.97 Å². The molecule has 0 unspecified atom stereocenters. The number of rotatable bonds is 7. The molecular formula is C23H22N2O4. The van der Waals surface area contributed by atoms with Gasteiger partial charge in [-0.15, -0.1) is 0 Å². The van der Waals surface area contributed by atoms with Crippen LogP contribution >= 0.6 is 0 Å². The van der Waals surface area contributed by atoms with E-state index in [1.807, 2.05) is 24.3 Å². The fourth-order valence-electron chi connectivity index (χ4n) is 3.01. The highest BCUT2D eigenvalue weighted by Gasteiger charge is 2.13. The number of carbonyl (C=O) groups excluding carboxylic acids is 1. The number of carbonyl (C=O) groups is 2. The van der Waals surface area contributed by atoms with Gasteiger partial charge >= 0.3 is 5.97 Å². The molecule has 0 fully saturated rings. The normalized spacial score (nSPS) is 10.4. The SMILES string of the molecule is CCc1ccccc1NCc1cccc(C(=O)Nc2ccc(O)c(C(=O)O)c2)c1. The lowest BCUT2D eigenvalue weighted by Gasteiger charge is -2.12. The first-order valence-electron chi connectivity index (χ1n) is 9.26. The van der Waals surface area contributed by atoms with Crippen molar-refractivity contribution in [3.63, 3.8) is 0 Å². The van der Waals surface area contributed by atoms with Gasteiger partial charge in [-0.1, -0.05) is 37.3 Å². The smallest absolute Gasteiger partial charge is 0.339 e. The van der Waals surface area contributed by atoms with Crippen LogP contribution in [0, 0.1) is 0 Å². The maximum absolute atomic E-state index is 12.6. The quantitative estimate of drug-likeness (QED) is 0.445. The molecule has 0 spiro atoms. The summed E-state index contributed by atoms with van der Waals surface area (Å²) in [4.78, 5) is 23.7. The average Bonchev–Trinajstić information content (AvgIpc) is 2.73. The highest BCUT2D eigenvalue weighted by molar-refractivity contribution is 6.05. The number of benzene rings is 3. The summed E-state index contributed by atoms with van der Waals surface area (Å²) in [6, 6.07) is 19.2. The molecule has 0 saturated carbocycles. The second-order valence-corrected chi connectivity index (χ2v) is 6.56. The molecule has 0 atom stereocenters. The van der Waals surface area contributed by atoms with Crippen LogP contribution in [0.5, 0.6) is 5.75 Å². The molecule has 3 aromatic rings. The van der Waals surface area contributed by atoms with Gasteiger partial charge in [0.2, 0.25) is 0 Å². The molecule has 0 bridgehead atoms. The van der Waals surface area contributed by atoms with Crippen LogP contribution in [0.1, 0.15) is 38.8 Å². The van der Waals surface area contributed by atoms with Crippen molar-refractivity contribution in [3.05, 3.63) is 89.0 Å². The Morgan fingerprint density at radius 3 is 2.52 bits per heavy atom. The Hall–Kier alpha value is -3.80. The summed E-state index contributed by atoms with van der Waals surface area (Å²) >= 11 is 0. The predicted octanol–water partition coefficient (Wildman–Crippen LogP) is 4.52. The number of phenols is 1. The number of para-hydroxylation sites is 1. The van der Waals surface area contributed by atoms with Crippen molar-refractivity contribution in [2.24, 2.45) is 0 Å². The monoisotopic (exact) mass is 390 g/mol. The molecule has 3 aromatic carbocycles. The first-order chi connectivity index (χ1) is 14.0. The first-order valence-corrected chi connectivity index (χ1v) is 9.26. The number of hydrogen-bond donors (Lipinski definition) is 4. The molecule has 0 aliphatic rings. The van der Waals surface area contributed by atoms with E-state index in [0.717, 1.165) is 17.7 Å². The number of anilines is 2. The first kappa shape index (κ1) is 19.9. The maximum Gasteiger partial charge on any atom is 0.339 e. The molecule has 0 radical (unpaired) electrons. The number of hydrogen-bond acceptors (Lipinski definition) is 4. The van der Waals surface area contributed by atoms with Crippen LogP contribution < -0.4 is 10.6 Å². The molecule has 148 valence electrons. The fourth-order valence-corrected chi connectivity index (χ4v) is 3.01. The molecule has 0 aliphatic heterocycles. The molecule has 0 heterocycles. The van der Waals surface area contributed by atoms with Crippen molar-refractivity contribution in [1.82, 2.24) is 0 Å². The van der Waals surface area contributed by atoms with Crippen LogP contribution in [-0.2, 0) is 13.0 Å². The van der Waals surface area contributed by atoms with Crippen LogP contribution in [0.2, 0.25) is 0 Å². The summed E-state index contributed by atoms with van der Waals surface area (Å²) in [6.45, 7) is 2.67. The minimum absolute atomic E-state index is 0.268. The van der Waals surface area contributed by atoms with Crippen molar-refractivity contribution < 1.29 is 19.8 Å². The molecule has 6 heteroatoms. The number of nitrogens with one attached hydrogen (secondary N) is 2. The number of aromatic carboxylic acids is 1.